The van der Waals surface area contributed by atoms with E-state index in [1.807, 2.05) is 12.1 Å². The number of nitrogens with zero attached hydrogens (tertiary/aromatic N) is 4. The Kier molecular flexibility index (Phi) is 6.08. The van der Waals surface area contributed by atoms with E-state index in [0.29, 0.717) is 30.4 Å². The number of hydrogen-bond acceptors (Lipinski definition) is 6. The van der Waals surface area contributed by atoms with Crippen molar-refractivity contribution in [3.63, 3.8) is 0 Å². The predicted octanol–water partition coefficient (Wildman–Crippen LogP) is 1.41. The van der Waals surface area contributed by atoms with Crippen LogP contribution in [-0.2, 0) is 17.9 Å². The standard InChI is InChI=1S/C19H27N5O3/c1-23(2)19(25)15-6-4-5-7-16(15)27-12-17-21-22-18(13-10-14(20)11-13)24(17)8-9-26-3/h4-7,13-14H,8-12,20H2,1-3H3. The third-order valence-corrected chi connectivity index (χ3v) is 4.80. The largest absolute Gasteiger partial charge is 0.485 e. The zero-order chi connectivity index (χ0) is 19.4. The zero-order valence-corrected chi connectivity index (χ0v) is 16.1. The van der Waals surface area contributed by atoms with Crippen LogP contribution in [0.25, 0.3) is 0 Å². The lowest BCUT2D eigenvalue weighted by molar-refractivity contribution is 0.0822. The number of benzene rings is 1. The van der Waals surface area contributed by atoms with Crippen molar-refractivity contribution in [2.24, 2.45) is 5.73 Å². The molecule has 8 heteroatoms. The smallest absolute Gasteiger partial charge is 0.257 e. The van der Waals surface area contributed by atoms with Gasteiger partial charge in [0.15, 0.2) is 5.82 Å². The molecule has 1 amide bonds. The van der Waals surface area contributed by atoms with Crippen LogP contribution in [0.15, 0.2) is 24.3 Å². The minimum absolute atomic E-state index is 0.101. The Hall–Kier alpha value is -2.45. The van der Waals surface area contributed by atoms with Crippen molar-refractivity contribution in [1.29, 1.82) is 0 Å². The average Bonchev–Trinajstić information content (AvgIpc) is 3.03. The average molecular weight is 373 g/mol. The van der Waals surface area contributed by atoms with E-state index in [-0.39, 0.29) is 18.6 Å². The molecule has 0 unspecified atom stereocenters. The summed E-state index contributed by atoms with van der Waals surface area (Å²) in [6.07, 6.45) is 1.85. The summed E-state index contributed by atoms with van der Waals surface area (Å²) in [5, 5.41) is 8.69. The monoisotopic (exact) mass is 373 g/mol. The summed E-state index contributed by atoms with van der Waals surface area (Å²) < 4.78 is 13.2. The minimum Gasteiger partial charge on any atom is -0.485 e. The van der Waals surface area contributed by atoms with E-state index in [1.165, 1.54) is 4.90 Å². The summed E-state index contributed by atoms with van der Waals surface area (Å²) in [6, 6.07) is 7.46. The molecule has 3 rings (SSSR count). The fraction of sp³-hybridized carbons (Fsp3) is 0.526. The topological polar surface area (TPSA) is 95.5 Å². The van der Waals surface area contributed by atoms with Crippen LogP contribution in [-0.4, -0.2) is 59.4 Å². The number of nitrogens with two attached hydrogens (primary N) is 1. The van der Waals surface area contributed by atoms with E-state index in [9.17, 15) is 4.79 Å². The molecule has 2 aromatic rings. The number of amides is 1. The first-order chi connectivity index (χ1) is 13.0. The quantitative estimate of drug-likeness (QED) is 0.752. The molecule has 146 valence electrons. The van der Waals surface area contributed by atoms with E-state index in [0.717, 1.165) is 24.5 Å². The van der Waals surface area contributed by atoms with Gasteiger partial charge in [-0.25, -0.2) is 0 Å². The molecule has 0 atom stereocenters. The Morgan fingerprint density at radius 2 is 2.04 bits per heavy atom. The van der Waals surface area contributed by atoms with Gasteiger partial charge in [-0.05, 0) is 25.0 Å². The van der Waals surface area contributed by atoms with Crippen LogP contribution in [0.4, 0.5) is 0 Å². The third kappa shape index (κ3) is 4.28. The maximum Gasteiger partial charge on any atom is 0.257 e. The van der Waals surface area contributed by atoms with Crippen molar-refractivity contribution in [1.82, 2.24) is 19.7 Å². The van der Waals surface area contributed by atoms with Gasteiger partial charge in [-0.15, -0.1) is 10.2 Å². The fourth-order valence-electron chi connectivity index (χ4n) is 3.21. The molecular weight excluding hydrogens is 346 g/mol. The van der Waals surface area contributed by atoms with Crippen molar-refractivity contribution in [2.75, 3.05) is 27.8 Å². The van der Waals surface area contributed by atoms with E-state index in [2.05, 4.69) is 14.8 Å². The van der Waals surface area contributed by atoms with Gasteiger partial charge in [0.2, 0.25) is 0 Å². The fourth-order valence-corrected chi connectivity index (χ4v) is 3.21. The Morgan fingerprint density at radius 1 is 1.30 bits per heavy atom. The molecule has 1 aliphatic carbocycles. The Balaban J connectivity index is 1.77. The Morgan fingerprint density at radius 3 is 2.70 bits per heavy atom. The lowest BCUT2D eigenvalue weighted by Gasteiger charge is -2.31. The van der Waals surface area contributed by atoms with E-state index in [4.69, 9.17) is 15.2 Å². The van der Waals surface area contributed by atoms with E-state index >= 15 is 0 Å². The maximum atomic E-state index is 12.3. The van der Waals surface area contributed by atoms with Crippen molar-refractivity contribution in [3.8, 4) is 5.75 Å². The highest BCUT2D eigenvalue weighted by molar-refractivity contribution is 5.96. The van der Waals surface area contributed by atoms with Gasteiger partial charge >= 0.3 is 0 Å². The number of aromatic nitrogens is 3. The number of ether oxygens (including phenoxy) is 2. The second kappa shape index (κ2) is 8.49. The molecule has 1 aliphatic rings. The van der Waals surface area contributed by atoms with Gasteiger partial charge in [0, 0.05) is 39.7 Å². The van der Waals surface area contributed by atoms with E-state index < -0.39 is 0 Å². The Bertz CT molecular complexity index is 783. The molecule has 2 N–H and O–H groups in total. The number of carbonyl (C=O) groups is 1. The highest BCUT2D eigenvalue weighted by Crippen LogP contribution is 2.35. The molecule has 1 fully saturated rings. The molecular formula is C19H27N5O3. The molecule has 0 spiro atoms. The lowest BCUT2D eigenvalue weighted by atomic mass is 9.80. The van der Waals surface area contributed by atoms with Crippen LogP contribution in [0.3, 0.4) is 0 Å². The van der Waals surface area contributed by atoms with Crippen molar-refractivity contribution >= 4 is 5.91 Å². The summed E-state index contributed by atoms with van der Waals surface area (Å²) >= 11 is 0. The molecule has 27 heavy (non-hydrogen) atoms. The summed E-state index contributed by atoms with van der Waals surface area (Å²) in [4.78, 5) is 13.9. The van der Waals surface area contributed by atoms with Crippen LogP contribution >= 0.6 is 0 Å². The van der Waals surface area contributed by atoms with Gasteiger partial charge in [-0.1, -0.05) is 12.1 Å². The maximum absolute atomic E-state index is 12.3. The number of methoxy groups -OCH3 is 1. The van der Waals surface area contributed by atoms with Gasteiger partial charge in [0.1, 0.15) is 18.2 Å². The summed E-state index contributed by atoms with van der Waals surface area (Å²) in [6.45, 7) is 1.45. The molecule has 1 saturated carbocycles. The first-order valence-electron chi connectivity index (χ1n) is 9.11. The molecule has 8 nitrogen and oxygen atoms in total. The minimum atomic E-state index is -0.101. The molecule has 0 radical (unpaired) electrons. The second-order valence-electron chi connectivity index (χ2n) is 7.03. The van der Waals surface area contributed by atoms with Crippen molar-refractivity contribution in [2.45, 2.75) is 38.0 Å². The van der Waals surface area contributed by atoms with Gasteiger partial charge in [0.05, 0.1) is 12.2 Å². The third-order valence-electron chi connectivity index (χ3n) is 4.80. The molecule has 1 heterocycles. The highest BCUT2D eigenvalue weighted by Gasteiger charge is 2.32. The lowest BCUT2D eigenvalue weighted by Crippen LogP contribution is -2.36. The van der Waals surface area contributed by atoms with E-state index in [1.54, 1.807) is 33.3 Å². The number of para-hydroxylation sites is 1. The SMILES string of the molecule is COCCn1c(COc2ccccc2C(=O)N(C)C)nnc1C1CC(N)C1. The predicted molar refractivity (Wildman–Crippen MR) is 101 cm³/mol. The van der Waals surface area contributed by atoms with Crippen molar-refractivity contribution < 1.29 is 14.3 Å². The van der Waals surface area contributed by atoms with Gasteiger partial charge < -0.3 is 24.7 Å². The van der Waals surface area contributed by atoms with Crippen LogP contribution in [0.2, 0.25) is 0 Å². The summed E-state index contributed by atoms with van der Waals surface area (Å²) in [7, 11) is 5.11. The molecule has 1 aromatic heterocycles. The number of carbonyl (C=O) groups excluding carboxylic acids is 1. The normalized spacial score (nSPS) is 18.8. The van der Waals surface area contributed by atoms with Crippen LogP contribution < -0.4 is 10.5 Å². The summed E-state index contributed by atoms with van der Waals surface area (Å²) in [5.41, 5.74) is 6.45. The van der Waals surface area contributed by atoms with Crippen LogP contribution in [0.5, 0.6) is 5.75 Å². The molecule has 1 aromatic carbocycles. The summed E-state index contributed by atoms with van der Waals surface area (Å²) in [5.74, 6) is 2.42. The second-order valence-corrected chi connectivity index (χ2v) is 7.03. The van der Waals surface area contributed by atoms with Gasteiger partial charge in [0.25, 0.3) is 5.91 Å². The number of hydrogen-bond donors (Lipinski definition) is 1. The first-order valence-corrected chi connectivity index (χ1v) is 9.11. The molecule has 0 aliphatic heterocycles. The van der Waals surface area contributed by atoms with Gasteiger partial charge in [-0.3, -0.25) is 4.79 Å². The van der Waals surface area contributed by atoms with Crippen molar-refractivity contribution in [3.05, 3.63) is 41.5 Å². The molecule has 0 saturated heterocycles. The first kappa shape index (κ1) is 19.3. The highest BCUT2D eigenvalue weighted by atomic mass is 16.5. The molecule has 0 bridgehead atoms. The van der Waals surface area contributed by atoms with Crippen LogP contribution in [0, 0.1) is 0 Å². The van der Waals surface area contributed by atoms with Gasteiger partial charge in [-0.2, -0.15) is 0 Å². The number of rotatable bonds is 8. The van der Waals surface area contributed by atoms with Crippen LogP contribution in [0.1, 0.15) is 40.8 Å². The zero-order valence-electron chi connectivity index (χ0n) is 16.1. The Labute approximate surface area is 159 Å².